The van der Waals surface area contributed by atoms with Crippen molar-refractivity contribution in [2.24, 2.45) is 0 Å². The highest BCUT2D eigenvalue weighted by molar-refractivity contribution is 6.01. The maximum Gasteiger partial charge on any atom is 0.0714 e. The van der Waals surface area contributed by atoms with E-state index in [1.54, 1.807) is 0 Å². The van der Waals surface area contributed by atoms with Crippen molar-refractivity contribution in [3.8, 4) is 33.4 Å². The van der Waals surface area contributed by atoms with Crippen molar-refractivity contribution < 1.29 is 0 Å². The van der Waals surface area contributed by atoms with Crippen LogP contribution >= 0.6 is 0 Å². The maximum atomic E-state index is 2.54. The second kappa shape index (κ2) is 12.8. The Balaban J connectivity index is 1.26. The fourth-order valence-electron chi connectivity index (χ4n) is 10.3. The smallest absolute Gasteiger partial charge is 0.0714 e. The van der Waals surface area contributed by atoms with Gasteiger partial charge in [0.25, 0.3) is 0 Å². The Labute approximate surface area is 335 Å². The number of rotatable bonds is 6. The zero-order valence-corrected chi connectivity index (χ0v) is 32.2. The van der Waals surface area contributed by atoms with Crippen molar-refractivity contribution in [3.63, 3.8) is 0 Å². The van der Waals surface area contributed by atoms with Crippen molar-refractivity contribution in [2.45, 2.75) is 24.7 Å². The molecule has 0 unspecified atom stereocenters. The lowest BCUT2D eigenvalue weighted by atomic mass is 9.68. The van der Waals surface area contributed by atoms with Gasteiger partial charge in [-0.3, -0.25) is 0 Å². The molecule has 270 valence electrons. The Morgan fingerprint density at radius 1 is 0.368 bits per heavy atom. The number of hydrogen-bond acceptors (Lipinski definition) is 1. The molecule has 0 saturated carbocycles. The largest absolute Gasteiger partial charge is 0.310 e. The minimum Gasteiger partial charge on any atom is -0.310 e. The fraction of sp³-hybridized carbons (Fsp3) is 0.0714. The van der Waals surface area contributed by atoms with Gasteiger partial charge in [0.1, 0.15) is 0 Å². The van der Waals surface area contributed by atoms with Gasteiger partial charge in [-0.05, 0) is 102 Å². The molecule has 0 heterocycles. The quantitative estimate of drug-likeness (QED) is 0.165. The summed E-state index contributed by atoms with van der Waals surface area (Å²) in [4.78, 5) is 2.54. The fourth-order valence-corrected chi connectivity index (χ4v) is 10.3. The van der Waals surface area contributed by atoms with Crippen LogP contribution in [0.25, 0.3) is 44.2 Å². The van der Waals surface area contributed by atoms with Crippen LogP contribution in [0.15, 0.2) is 212 Å². The first-order valence-corrected chi connectivity index (χ1v) is 20.0. The zero-order valence-electron chi connectivity index (χ0n) is 32.2. The predicted octanol–water partition coefficient (Wildman–Crippen LogP) is 14.6. The molecule has 11 rings (SSSR count). The van der Waals surface area contributed by atoms with Crippen LogP contribution in [0.1, 0.15) is 47.2 Å². The number of anilines is 3. The Morgan fingerprint density at radius 3 is 1.65 bits per heavy atom. The highest BCUT2D eigenvalue weighted by atomic mass is 15.1. The van der Waals surface area contributed by atoms with E-state index in [-0.39, 0.29) is 5.41 Å². The Kier molecular flexibility index (Phi) is 7.50. The molecule has 1 nitrogen and oxygen atoms in total. The van der Waals surface area contributed by atoms with Gasteiger partial charge < -0.3 is 4.90 Å². The monoisotopic (exact) mass is 727 g/mol. The molecule has 0 amide bonds. The normalized spacial score (nSPS) is 14.1. The lowest BCUT2D eigenvalue weighted by Gasteiger charge is -2.34. The summed E-state index contributed by atoms with van der Waals surface area (Å²) in [6.07, 6.45) is 0. The van der Waals surface area contributed by atoms with Crippen molar-refractivity contribution >= 4 is 27.8 Å². The van der Waals surface area contributed by atoms with Gasteiger partial charge in [0.15, 0.2) is 0 Å². The van der Waals surface area contributed by atoms with Crippen molar-refractivity contribution in [1.82, 2.24) is 0 Å². The molecule has 0 saturated heterocycles. The van der Waals surface area contributed by atoms with E-state index in [1.807, 2.05) is 0 Å². The van der Waals surface area contributed by atoms with Gasteiger partial charge in [-0.15, -0.1) is 0 Å². The third kappa shape index (κ3) is 4.89. The summed E-state index contributed by atoms with van der Waals surface area (Å²) in [5.74, 6) is 0. The molecule has 2 aliphatic rings. The van der Waals surface area contributed by atoms with Crippen LogP contribution in [0, 0.1) is 0 Å². The molecule has 57 heavy (non-hydrogen) atoms. The summed E-state index contributed by atoms with van der Waals surface area (Å²) < 4.78 is 0. The third-order valence-electron chi connectivity index (χ3n) is 12.7. The molecular weight excluding hydrogens is 687 g/mol. The Bertz CT molecular complexity index is 2940. The zero-order chi connectivity index (χ0) is 38.1. The molecule has 0 N–H and O–H groups in total. The minimum atomic E-state index is -0.504. The van der Waals surface area contributed by atoms with Crippen molar-refractivity contribution in [2.75, 3.05) is 4.90 Å². The second-order valence-electron chi connectivity index (χ2n) is 16.0. The van der Waals surface area contributed by atoms with Crippen LogP contribution in [0.5, 0.6) is 0 Å². The summed E-state index contributed by atoms with van der Waals surface area (Å²) >= 11 is 0. The van der Waals surface area contributed by atoms with Crippen LogP contribution in [0.2, 0.25) is 0 Å². The first kappa shape index (κ1) is 33.4. The topological polar surface area (TPSA) is 3.24 Å². The second-order valence-corrected chi connectivity index (χ2v) is 16.0. The molecule has 0 bridgehead atoms. The van der Waals surface area contributed by atoms with Gasteiger partial charge >= 0.3 is 0 Å². The van der Waals surface area contributed by atoms with Gasteiger partial charge in [-0.2, -0.15) is 0 Å². The van der Waals surface area contributed by atoms with Crippen LogP contribution < -0.4 is 4.90 Å². The van der Waals surface area contributed by atoms with Gasteiger partial charge in [-0.1, -0.05) is 196 Å². The number of nitrogens with zero attached hydrogens (tertiary/aromatic N) is 1. The summed E-state index contributed by atoms with van der Waals surface area (Å²) in [5.41, 5.74) is 18.3. The molecule has 0 fully saturated rings. The molecule has 2 aliphatic carbocycles. The van der Waals surface area contributed by atoms with E-state index in [9.17, 15) is 0 Å². The SMILES string of the molecule is CC1(C)c2ccccc2-c2cc(N(c3ccc4ccccc4c3)c3cccc4c3-c3ccccc3C4(c3ccccc3)c3ccccc3)cc(-c3ccccc3)c21. The van der Waals surface area contributed by atoms with E-state index in [4.69, 9.17) is 0 Å². The first-order valence-electron chi connectivity index (χ1n) is 20.0. The van der Waals surface area contributed by atoms with Gasteiger partial charge in [0, 0.05) is 22.4 Å². The standard InChI is InChI=1S/C56H41N/c1-55(2)49-29-16-14-27-45(49)48-37-44(36-47(54(48)55)39-20-6-3-7-21-39)57(43-34-33-38-19-12-13-22-40(38)35-43)52-32-18-31-51-53(52)46-28-15-17-30-50(46)56(51,41-23-8-4-9-24-41)42-25-10-5-11-26-42/h3-37H,1-2H3. The lowest BCUT2D eigenvalue weighted by molar-refractivity contribution is 0.662. The average Bonchev–Trinajstić information content (AvgIpc) is 3.71. The van der Waals surface area contributed by atoms with Gasteiger partial charge in [-0.25, -0.2) is 0 Å². The summed E-state index contributed by atoms with van der Waals surface area (Å²) in [5, 5.41) is 2.44. The lowest BCUT2D eigenvalue weighted by Crippen LogP contribution is -2.28. The van der Waals surface area contributed by atoms with E-state index in [2.05, 4.69) is 231 Å². The Morgan fingerprint density at radius 2 is 0.930 bits per heavy atom. The summed E-state index contributed by atoms with van der Waals surface area (Å²) in [6, 6.07) is 78.8. The number of hydrogen-bond donors (Lipinski definition) is 0. The summed E-state index contributed by atoms with van der Waals surface area (Å²) in [6.45, 7) is 4.78. The van der Waals surface area contributed by atoms with Crippen LogP contribution in [0.3, 0.4) is 0 Å². The van der Waals surface area contributed by atoms with Crippen LogP contribution in [-0.4, -0.2) is 0 Å². The van der Waals surface area contributed by atoms with Gasteiger partial charge in [0.05, 0.1) is 11.1 Å². The maximum absolute atomic E-state index is 2.54. The molecule has 0 aromatic heterocycles. The predicted molar refractivity (Wildman–Crippen MR) is 239 cm³/mol. The molecule has 0 spiro atoms. The Hall–Kier alpha value is -6.96. The minimum absolute atomic E-state index is 0.165. The molecule has 0 atom stereocenters. The third-order valence-corrected chi connectivity index (χ3v) is 12.7. The van der Waals surface area contributed by atoms with Crippen LogP contribution in [-0.2, 0) is 10.8 Å². The molecule has 9 aromatic rings. The van der Waals surface area contributed by atoms with Gasteiger partial charge in [0.2, 0.25) is 0 Å². The molecular formula is C56H41N. The van der Waals surface area contributed by atoms with E-state index in [0.717, 1.165) is 17.1 Å². The summed E-state index contributed by atoms with van der Waals surface area (Å²) in [7, 11) is 0. The van der Waals surface area contributed by atoms with Crippen molar-refractivity contribution in [1.29, 1.82) is 0 Å². The van der Waals surface area contributed by atoms with E-state index < -0.39 is 5.41 Å². The van der Waals surface area contributed by atoms with E-state index >= 15 is 0 Å². The van der Waals surface area contributed by atoms with E-state index in [0.29, 0.717) is 0 Å². The van der Waals surface area contributed by atoms with Crippen molar-refractivity contribution in [3.05, 3.63) is 246 Å². The average molecular weight is 728 g/mol. The molecule has 1 heteroatoms. The highest BCUT2D eigenvalue weighted by Gasteiger charge is 2.47. The highest BCUT2D eigenvalue weighted by Crippen LogP contribution is 2.60. The molecule has 0 aliphatic heterocycles. The molecule has 9 aromatic carbocycles. The molecule has 0 radical (unpaired) electrons. The number of fused-ring (bicyclic) bond motifs is 7. The number of benzene rings is 9. The van der Waals surface area contributed by atoms with E-state index in [1.165, 1.54) is 77.5 Å². The first-order chi connectivity index (χ1) is 28.0. The van der Waals surface area contributed by atoms with Crippen LogP contribution in [0.4, 0.5) is 17.1 Å².